The number of pyridine rings is 1. The van der Waals surface area contributed by atoms with Crippen LogP contribution in [-0.4, -0.2) is 17.6 Å². The molecule has 1 aromatic heterocycles. The predicted molar refractivity (Wildman–Crippen MR) is 67.4 cm³/mol. The Morgan fingerprint density at radius 1 is 1.25 bits per heavy atom. The molecule has 1 aliphatic carbocycles. The van der Waals surface area contributed by atoms with E-state index in [2.05, 4.69) is 29.4 Å². The summed E-state index contributed by atoms with van der Waals surface area (Å²) in [5.74, 6) is 0.853. The van der Waals surface area contributed by atoms with E-state index in [-0.39, 0.29) is 0 Å². The zero-order chi connectivity index (χ0) is 11.2. The lowest BCUT2D eigenvalue weighted by Gasteiger charge is -2.29. The van der Waals surface area contributed by atoms with E-state index >= 15 is 0 Å². The summed E-state index contributed by atoms with van der Waals surface area (Å²) in [6.45, 7) is 3.47. The average Bonchev–Trinajstić information content (AvgIpc) is 2.33. The van der Waals surface area contributed by atoms with E-state index in [9.17, 15) is 0 Å². The van der Waals surface area contributed by atoms with Gasteiger partial charge >= 0.3 is 0 Å². The molecule has 0 saturated heterocycles. The number of rotatable bonds is 4. The topological polar surface area (TPSA) is 24.9 Å². The lowest BCUT2D eigenvalue weighted by atomic mass is 9.86. The van der Waals surface area contributed by atoms with Gasteiger partial charge in [-0.15, -0.1) is 0 Å². The number of nitrogens with one attached hydrogen (secondary N) is 1. The molecule has 0 bridgehead atoms. The van der Waals surface area contributed by atoms with Crippen LogP contribution >= 0.6 is 0 Å². The lowest BCUT2D eigenvalue weighted by Crippen LogP contribution is -2.38. The quantitative estimate of drug-likeness (QED) is 0.840. The molecule has 16 heavy (non-hydrogen) atoms. The second-order valence-corrected chi connectivity index (χ2v) is 4.93. The third kappa shape index (κ3) is 3.31. The van der Waals surface area contributed by atoms with Gasteiger partial charge in [0.15, 0.2) is 0 Å². The van der Waals surface area contributed by atoms with Gasteiger partial charge in [0.05, 0.1) is 0 Å². The molecule has 2 rings (SSSR count). The molecule has 2 atom stereocenters. The van der Waals surface area contributed by atoms with Gasteiger partial charge in [0, 0.05) is 18.4 Å². The maximum absolute atomic E-state index is 4.03. The largest absolute Gasteiger partial charge is 0.313 e. The van der Waals surface area contributed by atoms with Crippen LogP contribution in [-0.2, 0) is 6.42 Å². The normalized spacial score (nSPS) is 25.6. The summed E-state index contributed by atoms with van der Waals surface area (Å²) in [4.78, 5) is 4.03. The summed E-state index contributed by atoms with van der Waals surface area (Å²) >= 11 is 0. The van der Waals surface area contributed by atoms with Crippen LogP contribution in [0.2, 0.25) is 0 Å². The minimum Gasteiger partial charge on any atom is -0.313 e. The molecule has 0 spiro atoms. The summed E-state index contributed by atoms with van der Waals surface area (Å²) in [7, 11) is 0. The number of aromatic nitrogens is 1. The van der Waals surface area contributed by atoms with Crippen molar-refractivity contribution >= 4 is 0 Å². The molecule has 2 heteroatoms. The zero-order valence-corrected chi connectivity index (χ0v) is 10.2. The molecule has 2 nitrogen and oxygen atoms in total. The van der Waals surface area contributed by atoms with Crippen molar-refractivity contribution in [2.75, 3.05) is 6.54 Å². The Balaban J connectivity index is 1.71. The van der Waals surface area contributed by atoms with Crippen LogP contribution < -0.4 is 5.32 Å². The predicted octanol–water partition coefficient (Wildman–Crippen LogP) is 2.79. The first kappa shape index (κ1) is 11.6. The fourth-order valence-electron chi connectivity index (χ4n) is 2.57. The van der Waals surface area contributed by atoms with E-state index in [1.807, 2.05) is 12.4 Å². The van der Waals surface area contributed by atoms with Crippen LogP contribution in [0.4, 0.5) is 0 Å². The van der Waals surface area contributed by atoms with Crippen LogP contribution in [0.15, 0.2) is 24.5 Å². The van der Waals surface area contributed by atoms with Gasteiger partial charge in [-0.25, -0.2) is 0 Å². The van der Waals surface area contributed by atoms with Gasteiger partial charge in [-0.05, 0) is 49.4 Å². The molecular formula is C14H22N2. The van der Waals surface area contributed by atoms with E-state index in [0.29, 0.717) is 0 Å². The van der Waals surface area contributed by atoms with E-state index in [4.69, 9.17) is 0 Å². The lowest BCUT2D eigenvalue weighted by molar-refractivity contribution is 0.282. The van der Waals surface area contributed by atoms with Gasteiger partial charge in [0.25, 0.3) is 0 Å². The van der Waals surface area contributed by atoms with Crippen molar-refractivity contribution in [3.05, 3.63) is 30.1 Å². The number of hydrogen-bond acceptors (Lipinski definition) is 2. The molecule has 1 aliphatic rings. The van der Waals surface area contributed by atoms with E-state index < -0.39 is 0 Å². The second kappa shape index (κ2) is 6.00. The molecule has 1 saturated carbocycles. The third-order valence-corrected chi connectivity index (χ3v) is 3.68. The number of nitrogens with zero attached hydrogens (tertiary/aromatic N) is 1. The molecule has 88 valence electrons. The Hall–Kier alpha value is -0.890. The molecule has 1 heterocycles. The van der Waals surface area contributed by atoms with Crippen molar-refractivity contribution in [3.63, 3.8) is 0 Å². The maximum atomic E-state index is 4.03. The van der Waals surface area contributed by atoms with E-state index in [0.717, 1.165) is 24.9 Å². The highest BCUT2D eigenvalue weighted by atomic mass is 14.9. The molecule has 1 N–H and O–H groups in total. The van der Waals surface area contributed by atoms with Crippen LogP contribution in [0.3, 0.4) is 0 Å². The van der Waals surface area contributed by atoms with Gasteiger partial charge in [0.2, 0.25) is 0 Å². The number of hydrogen-bond donors (Lipinski definition) is 1. The van der Waals surface area contributed by atoms with Crippen molar-refractivity contribution in [1.29, 1.82) is 0 Å². The van der Waals surface area contributed by atoms with Crippen LogP contribution in [0, 0.1) is 5.92 Å². The van der Waals surface area contributed by atoms with Crippen molar-refractivity contribution in [1.82, 2.24) is 10.3 Å². The van der Waals surface area contributed by atoms with Crippen molar-refractivity contribution < 1.29 is 0 Å². The fraction of sp³-hybridized carbons (Fsp3) is 0.643. The Morgan fingerprint density at radius 2 is 2.00 bits per heavy atom. The first-order valence-electron chi connectivity index (χ1n) is 6.48. The van der Waals surface area contributed by atoms with Crippen molar-refractivity contribution in [2.24, 2.45) is 5.92 Å². The molecule has 2 unspecified atom stereocenters. The van der Waals surface area contributed by atoms with Gasteiger partial charge < -0.3 is 5.32 Å². The highest BCUT2D eigenvalue weighted by Crippen LogP contribution is 2.23. The second-order valence-electron chi connectivity index (χ2n) is 4.93. The van der Waals surface area contributed by atoms with Crippen molar-refractivity contribution in [3.8, 4) is 0 Å². The Kier molecular flexibility index (Phi) is 4.34. The summed E-state index contributed by atoms with van der Waals surface area (Å²) < 4.78 is 0. The van der Waals surface area contributed by atoms with E-state index in [1.54, 1.807) is 0 Å². The third-order valence-electron chi connectivity index (χ3n) is 3.68. The smallest absolute Gasteiger partial charge is 0.0270 e. The Morgan fingerprint density at radius 3 is 2.75 bits per heavy atom. The van der Waals surface area contributed by atoms with Crippen LogP contribution in [0.5, 0.6) is 0 Å². The minimum absolute atomic E-state index is 0.746. The molecule has 1 aromatic rings. The standard InChI is InChI=1S/C14H22N2/c1-12-4-2-3-5-14(12)16-11-8-13-6-9-15-10-7-13/h6-7,9-10,12,14,16H,2-5,8,11H2,1H3. The Bertz CT molecular complexity index is 297. The average molecular weight is 218 g/mol. The molecular weight excluding hydrogens is 196 g/mol. The van der Waals surface area contributed by atoms with Gasteiger partial charge in [-0.3, -0.25) is 4.98 Å². The summed E-state index contributed by atoms with van der Waals surface area (Å²) in [5, 5.41) is 3.70. The van der Waals surface area contributed by atoms with Gasteiger partial charge in [0.1, 0.15) is 0 Å². The zero-order valence-electron chi connectivity index (χ0n) is 10.2. The molecule has 0 amide bonds. The highest BCUT2D eigenvalue weighted by Gasteiger charge is 2.19. The van der Waals surface area contributed by atoms with E-state index in [1.165, 1.54) is 31.2 Å². The summed E-state index contributed by atoms with van der Waals surface area (Å²) in [5.41, 5.74) is 1.38. The van der Waals surface area contributed by atoms with Crippen molar-refractivity contribution in [2.45, 2.75) is 45.1 Å². The Labute approximate surface area is 98.5 Å². The van der Waals surface area contributed by atoms with Gasteiger partial charge in [-0.1, -0.05) is 19.8 Å². The first-order chi connectivity index (χ1) is 7.86. The monoisotopic (exact) mass is 218 g/mol. The first-order valence-corrected chi connectivity index (χ1v) is 6.48. The molecule has 1 fully saturated rings. The minimum atomic E-state index is 0.746. The maximum Gasteiger partial charge on any atom is 0.0270 e. The highest BCUT2D eigenvalue weighted by molar-refractivity contribution is 5.09. The fourth-order valence-corrected chi connectivity index (χ4v) is 2.57. The van der Waals surface area contributed by atoms with Gasteiger partial charge in [-0.2, -0.15) is 0 Å². The summed E-state index contributed by atoms with van der Waals surface area (Å²) in [6, 6.07) is 4.95. The van der Waals surface area contributed by atoms with Crippen LogP contribution in [0.1, 0.15) is 38.2 Å². The summed E-state index contributed by atoms with van der Waals surface area (Å²) in [6.07, 6.45) is 10.4. The molecule has 0 aliphatic heterocycles. The molecule has 0 radical (unpaired) electrons. The SMILES string of the molecule is CC1CCCCC1NCCc1ccncc1. The molecule has 0 aromatic carbocycles. The van der Waals surface area contributed by atoms with Crippen LogP contribution in [0.25, 0.3) is 0 Å².